The molecule has 1 fully saturated rings. The fourth-order valence-corrected chi connectivity index (χ4v) is 4.85. The van der Waals surface area contributed by atoms with Crippen LogP contribution in [0.4, 0.5) is 0 Å². The Hall–Kier alpha value is -3.29. The zero-order chi connectivity index (χ0) is 22.6. The number of oxazole rings is 1. The quantitative estimate of drug-likeness (QED) is 0.421. The van der Waals surface area contributed by atoms with E-state index in [0.717, 1.165) is 60.2 Å². The maximum Gasteiger partial charge on any atom is 0.228 e. The summed E-state index contributed by atoms with van der Waals surface area (Å²) in [4.78, 5) is 26.6. The molecule has 0 radical (unpaired) electrons. The van der Waals surface area contributed by atoms with Crippen molar-refractivity contribution in [1.29, 1.82) is 0 Å². The van der Waals surface area contributed by atoms with Crippen LogP contribution in [0.5, 0.6) is 0 Å². The summed E-state index contributed by atoms with van der Waals surface area (Å²) < 4.78 is 5.81. The van der Waals surface area contributed by atoms with E-state index in [1.807, 2.05) is 60.4 Å². The standard InChI is InChI=1S/C26H26N4O2S/c1-19-23(28-25(32-19)20-8-4-2-5-9-20)16-24(31)30-14-12-29(13-15-30)17-22-18-33-26(27-22)21-10-6-3-7-11-21/h2-11,18H,12-17H2,1H3. The highest BCUT2D eigenvalue weighted by Gasteiger charge is 2.24. The molecule has 0 saturated carbocycles. The number of aromatic nitrogens is 2. The van der Waals surface area contributed by atoms with Crippen LogP contribution in [0.1, 0.15) is 17.1 Å². The molecule has 4 aromatic rings. The van der Waals surface area contributed by atoms with Crippen LogP contribution in [-0.4, -0.2) is 51.9 Å². The number of hydrogen-bond donors (Lipinski definition) is 0. The summed E-state index contributed by atoms with van der Waals surface area (Å²) in [6, 6.07) is 20.1. The number of aryl methyl sites for hydroxylation is 1. The van der Waals surface area contributed by atoms with E-state index in [1.165, 1.54) is 0 Å². The van der Waals surface area contributed by atoms with Crippen LogP contribution in [0.2, 0.25) is 0 Å². The van der Waals surface area contributed by atoms with Crippen molar-refractivity contribution < 1.29 is 9.21 Å². The minimum Gasteiger partial charge on any atom is -0.441 e. The van der Waals surface area contributed by atoms with Crippen molar-refractivity contribution in [3.63, 3.8) is 0 Å². The van der Waals surface area contributed by atoms with Gasteiger partial charge >= 0.3 is 0 Å². The highest BCUT2D eigenvalue weighted by Crippen LogP contribution is 2.25. The molecule has 33 heavy (non-hydrogen) atoms. The van der Waals surface area contributed by atoms with Crippen molar-refractivity contribution in [2.75, 3.05) is 26.2 Å². The average Bonchev–Trinajstić information content (AvgIpc) is 3.47. The number of thiazole rings is 1. The molecule has 0 aliphatic carbocycles. The van der Waals surface area contributed by atoms with Gasteiger partial charge in [-0.05, 0) is 19.1 Å². The largest absolute Gasteiger partial charge is 0.441 e. The van der Waals surface area contributed by atoms with Crippen LogP contribution < -0.4 is 0 Å². The minimum atomic E-state index is 0.102. The third-order valence-electron chi connectivity index (χ3n) is 5.92. The topological polar surface area (TPSA) is 62.5 Å². The van der Waals surface area contributed by atoms with Crippen molar-refractivity contribution in [2.24, 2.45) is 0 Å². The molecular formula is C26H26N4O2S. The third kappa shape index (κ3) is 5.05. The summed E-state index contributed by atoms with van der Waals surface area (Å²) in [5.74, 6) is 1.38. The van der Waals surface area contributed by atoms with Crippen molar-refractivity contribution in [1.82, 2.24) is 19.8 Å². The van der Waals surface area contributed by atoms with E-state index in [0.29, 0.717) is 11.7 Å². The first-order valence-corrected chi connectivity index (χ1v) is 12.1. The molecule has 5 rings (SSSR count). The fourth-order valence-electron chi connectivity index (χ4n) is 4.03. The number of rotatable bonds is 6. The maximum absolute atomic E-state index is 12.9. The Balaban J connectivity index is 1.14. The number of nitrogens with zero attached hydrogens (tertiary/aromatic N) is 4. The molecule has 2 aromatic heterocycles. The fraction of sp³-hybridized carbons (Fsp3) is 0.269. The van der Waals surface area contributed by atoms with Gasteiger partial charge in [-0.15, -0.1) is 11.3 Å². The van der Waals surface area contributed by atoms with E-state index in [9.17, 15) is 4.79 Å². The molecule has 1 aliphatic heterocycles. The molecule has 2 aromatic carbocycles. The van der Waals surface area contributed by atoms with Gasteiger partial charge in [0, 0.05) is 49.2 Å². The highest BCUT2D eigenvalue weighted by atomic mass is 32.1. The van der Waals surface area contributed by atoms with Gasteiger partial charge in [0.25, 0.3) is 0 Å². The summed E-state index contributed by atoms with van der Waals surface area (Å²) in [5.41, 5.74) is 3.88. The monoisotopic (exact) mass is 458 g/mol. The van der Waals surface area contributed by atoms with Gasteiger partial charge in [-0.25, -0.2) is 9.97 Å². The predicted molar refractivity (Wildman–Crippen MR) is 130 cm³/mol. The first-order valence-electron chi connectivity index (χ1n) is 11.2. The smallest absolute Gasteiger partial charge is 0.228 e. The van der Waals surface area contributed by atoms with Crippen molar-refractivity contribution >= 4 is 17.2 Å². The zero-order valence-corrected chi connectivity index (χ0v) is 19.4. The van der Waals surface area contributed by atoms with E-state index in [4.69, 9.17) is 9.40 Å². The molecule has 0 unspecified atom stereocenters. The van der Waals surface area contributed by atoms with Crippen molar-refractivity contribution in [3.8, 4) is 22.0 Å². The molecule has 0 spiro atoms. The molecule has 3 heterocycles. The highest BCUT2D eigenvalue weighted by molar-refractivity contribution is 7.13. The number of piperazine rings is 1. The second-order valence-corrected chi connectivity index (χ2v) is 9.09. The lowest BCUT2D eigenvalue weighted by Crippen LogP contribution is -2.48. The van der Waals surface area contributed by atoms with Gasteiger partial charge in [-0.1, -0.05) is 48.5 Å². The molecule has 168 valence electrons. The van der Waals surface area contributed by atoms with E-state index in [1.54, 1.807) is 11.3 Å². The maximum atomic E-state index is 12.9. The number of carbonyl (C=O) groups excluding carboxylic acids is 1. The molecule has 1 aliphatic rings. The lowest BCUT2D eigenvalue weighted by atomic mass is 10.2. The van der Waals surface area contributed by atoms with Crippen LogP contribution in [0.3, 0.4) is 0 Å². The Kier molecular flexibility index (Phi) is 6.32. The van der Waals surface area contributed by atoms with Crippen molar-refractivity contribution in [3.05, 3.63) is 83.2 Å². The number of carbonyl (C=O) groups is 1. The molecule has 1 amide bonds. The van der Waals surface area contributed by atoms with Crippen LogP contribution >= 0.6 is 11.3 Å². The Morgan fingerprint density at radius 1 is 0.939 bits per heavy atom. The van der Waals surface area contributed by atoms with Gasteiger partial charge in [0.2, 0.25) is 11.8 Å². The van der Waals surface area contributed by atoms with E-state index in [-0.39, 0.29) is 12.3 Å². The molecule has 0 N–H and O–H groups in total. The minimum absolute atomic E-state index is 0.102. The van der Waals surface area contributed by atoms with Crippen LogP contribution in [0.15, 0.2) is 70.5 Å². The number of hydrogen-bond acceptors (Lipinski definition) is 6. The second kappa shape index (κ2) is 9.68. The van der Waals surface area contributed by atoms with Gasteiger partial charge in [-0.2, -0.15) is 0 Å². The molecular weight excluding hydrogens is 432 g/mol. The first kappa shape index (κ1) is 21.6. The molecule has 6 nitrogen and oxygen atoms in total. The normalized spacial score (nSPS) is 14.5. The van der Waals surface area contributed by atoms with Gasteiger partial charge < -0.3 is 9.32 Å². The lowest BCUT2D eigenvalue weighted by Gasteiger charge is -2.34. The van der Waals surface area contributed by atoms with Crippen LogP contribution in [0.25, 0.3) is 22.0 Å². The number of benzene rings is 2. The van der Waals surface area contributed by atoms with Gasteiger partial charge in [0.15, 0.2) is 0 Å². The summed E-state index contributed by atoms with van der Waals surface area (Å²) in [5, 5.41) is 3.19. The molecule has 0 atom stereocenters. The number of amides is 1. The van der Waals surface area contributed by atoms with Gasteiger partial charge in [-0.3, -0.25) is 9.69 Å². The van der Waals surface area contributed by atoms with Gasteiger partial charge in [0.05, 0.1) is 17.8 Å². The van der Waals surface area contributed by atoms with Crippen molar-refractivity contribution in [2.45, 2.75) is 19.9 Å². The summed E-state index contributed by atoms with van der Waals surface area (Å²) >= 11 is 1.68. The molecule has 1 saturated heterocycles. The second-order valence-electron chi connectivity index (χ2n) is 8.23. The van der Waals surface area contributed by atoms with E-state index in [2.05, 4.69) is 27.4 Å². The molecule has 7 heteroatoms. The molecule has 0 bridgehead atoms. The summed E-state index contributed by atoms with van der Waals surface area (Å²) in [6.07, 6.45) is 0.273. The van der Waals surface area contributed by atoms with E-state index < -0.39 is 0 Å². The zero-order valence-electron chi connectivity index (χ0n) is 18.6. The Morgan fingerprint density at radius 3 is 2.30 bits per heavy atom. The Labute approximate surface area is 197 Å². The van der Waals surface area contributed by atoms with Crippen LogP contribution in [-0.2, 0) is 17.8 Å². The average molecular weight is 459 g/mol. The predicted octanol–water partition coefficient (Wildman–Crippen LogP) is 4.66. The van der Waals surface area contributed by atoms with Gasteiger partial charge in [0.1, 0.15) is 10.8 Å². The third-order valence-corrected chi connectivity index (χ3v) is 6.86. The Bertz CT molecular complexity index is 1210. The first-order chi connectivity index (χ1) is 16.2. The lowest BCUT2D eigenvalue weighted by molar-refractivity contribution is -0.132. The van der Waals surface area contributed by atoms with E-state index >= 15 is 0 Å². The Morgan fingerprint density at radius 2 is 1.61 bits per heavy atom. The summed E-state index contributed by atoms with van der Waals surface area (Å²) in [6.45, 7) is 5.81. The summed E-state index contributed by atoms with van der Waals surface area (Å²) in [7, 11) is 0. The van der Waals surface area contributed by atoms with Crippen LogP contribution in [0, 0.1) is 6.92 Å². The SMILES string of the molecule is Cc1oc(-c2ccccc2)nc1CC(=O)N1CCN(Cc2csc(-c3ccccc3)n2)CC1.